The normalized spacial score (nSPS) is 16.4. The number of ether oxygens (including phenoxy) is 1. The number of H-pyrrole nitrogens is 1. The Balaban J connectivity index is 1.42. The number of benzene rings is 1. The number of rotatable bonds is 5. The summed E-state index contributed by atoms with van der Waals surface area (Å²) in [7, 11) is 1.59. The quantitative estimate of drug-likeness (QED) is 0.672. The smallest absolute Gasteiger partial charge is 0.263 e. The highest BCUT2D eigenvalue weighted by atomic mass is 32.1. The monoisotopic (exact) mass is 411 g/mol. The molecule has 1 saturated heterocycles. The Bertz CT molecular complexity index is 1000. The van der Waals surface area contributed by atoms with E-state index in [1.807, 2.05) is 41.8 Å². The lowest BCUT2D eigenvalue weighted by atomic mass is 9.97. The van der Waals surface area contributed by atoms with E-state index in [2.05, 4.69) is 20.5 Å². The maximum atomic E-state index is 12.7. The van der Waals surface area contributed by atoms with Crippen LogP contribution in [0.15, 0.2) is 41.8 Å². The van der Waals surface area contributed by atoms with Crippen molar-refractivity contribution in [3.63, 3.8) is 0 Å². The van der Waals surface area contributed by atoms with E-state index in [-0.39, 0.29) is 23.7 Å². The molecular formula is C20H21N5O3S. The van der Waals surface area contributed by atoms with Gasteiger partial charge in [-0.1, -0.05) is 18.2 Å². The fourth-order valence-electron chi connectivity index (χ4n) is 3.42. The van der Waals surface area contributed by atoms with Crippen molar-refractivity contribution in [2.75, 3.05) is 25.5 Å². The summed E-state index contributed by atoms with van der Waals surface area (Å²) < 4.78 is 5.34. The zero-order valence-corrected chi connectivity index (χ0v) is 16.7. The van der Waals surface area contributed by atoms with E-state index in [0.29, 0.717) is 29.5 Å². The molecule has 9 heteroatoms. The van der Waals surface area contributed by atoms with E-state index < -0.39 is 0 Å². The summed E-state index contributed by atoms with van der Waals surface area (Å²) in [5.41, 5.74) is 0.758. The second kappa shape index (κ2) is 8.44. The number of thiophene rings is 1. The maximum absolute atomic E-state index is 12.7. The van der Waals surface area contributed by atoms with Crippen LogP contribution in [0.3, 0.4) is 0 Å². The fourth-order valence-corrected chi connectivity index (χ4v) is 4.11. The predicted molar refractivity (Wildman–Crippen MR) is 110 cm³/mol. The molecule has 0 spiro atoms. The first kappa shape index (κ1) is 19.1. The molecule has 8 nitrogen and oxygen atoms in total. The van der Waals surface area contributed by atoms with Crippen molar-refractivity contribution < 1.29 is 14.3 Å². The van der Waals surface area contributed by atoms with Crippen molar-refractivity contribution in [2.24, 2.45) is 5.92 Å². The summed E-state index contributed by atoms with van der Waals surface area (Å²) in [6.07, 6.45) is 1.51. The van der Waals surface area contributed by atoms with Crippen LogP contribution in [0.25, 0.3) is 11.4 Å². The van der Waals surface area contributed by atoms with Gasteiger partial charge in [0.1, 0.15) is 5.75 Å². The van der Waals surface area contributed by atoms with Gasteiger partial charge in [0.15, 0.2) is 5.82 Å². The highest BCUT2D eigenvalue weighted by molar-refractivity contribution is 7.12. The molecule has 2 aromatic heterocycles. The number of para-hydroxylation sites is 1. The third-order valence-corrected chi connectivity index (χ3v) is 5.75. The summed E-state index contributed by atoms with van der Waals surface area (Å²) >= 11 is 1.41. The Morgan fingerprint density at radius 3 is 2.93 bits per heavy atom. The average Bonchev–Trinajstić information content (AvgIpc) is 3.45. The minimum atomic E-state index is -0.291. The number of hydrogen-bond acceptors (Lipinski definition) is 6. The number of hydrogen-bond donors (Lipinski definition) is 2. The molecule has 1 fully saturated rings. The number of nitrogens with zero attached hydrogens (tertiary/aromatic N) is 3. The number of aromatic amines is 1. The van der Waals surface area contributed by atoms with E-state index in [1.54, 1.807) is 12.0 Å². The van der Waals surface area contributed by atoms with Gasteiger partial charge in [-0.2, -0.15) is 4.98 Å². The van der Waals surface area contributed by atoms with Crippen molar-refractivity contribution in [1.82, 2.24) is 20.1 Å². The molecular weight excluding hydrogens is 390 g/mol. The van der Waals surface area contributed by atoms with E-state index in [1.165, 1.54) is 11.3 Å². The largest absolute Gasteiger partial charge is 0.496 e. The first-order chi connectivity index (χ1) is 14.2. The third-order valence-electron chi connectivity index (χ3n) is 4.89. The second-order valence-corrected chi connectivity index (χ2v) is 7.71. The van der Waals surface area contributed by atoms with Crippen molar-refractivity contribution in [2.45, 2.75) is 12.8 Å². The number of aromatic nitrogens is 3. The van der Waals surface area contributed by atoms with Crippen LogP contribution >= 0.6 is 11.3 Å². The van der Waals surface area contributed by atoms with Crippen LogP contribution in [0.4, 0.5) is 5.95 Å². The first-order valence-corrected chi connectivity index (χ1v) is 10.2. The third kappa shape index (κ3) is 4.14. The van der Waals surface area contributed by atoms with Crippen molar-refractivity contribution in [3.05, 3.63) is 46.7 Å². The molecule has 4 rings (SSSR count). The molecule has 3 aromatic rings. The lowest BCUT2D eigenvalue weighted by Gasteiger charge is -2.31. The average molecular weight is 411 g/mol. The minimum absolute atomic E-state index is 0.0196. The lowest BCUT2D eigenvalue weighted by Crippen LogP contribution is -2.43. The number of amides is 2. The minimum Gasteiger partial charge on any atom is -0.496 e. The molecule has 2 amide bonds. The standard InChI is InChI=1S/C20H21N5O3S/c1-28-15-8-3-2-7-14(15)17-21-20(24-23-17)22-18(26)13-6-4-10-25(12-13)19(27)16-9-5-11-29-16/h2-3,5,7-9,11,13H,4,6,10,12H2,1H3,(H2,21,22,23,24,26)/t13-/m1/s1. The summed E-state index contributed by atoms with van der Waals surface area (Å²) in [4.78, 5) is 32.1. The van der Waals surface area contributed by atoms with Crippen LogP contribution < -0.4 is 10.1 Å². The zero-order valence-electron chi connectivity index (χ0n) is 15.9. The van der Waals surface area contributed by atoms with Gasteiger partial charge in [-0.25, -0.2) is 0 Å². The summed E-state index contributed by atoms with van der Waals surface area (Å²) in [5, 5.41) is 11.6. The summed E-state index contributed by atoms with van der Waals surface area (Å²) in [6, 6.07) is 11.1. The van der Waals surface area contributed by atoms with Gasteiger partial charge < -0.3 is 9.64 Å². The molecule has 150 valence electrons. The highest BCUT2D eigenvalue weighted by Gasteiger charge is 2.30. The molecule has 0 unspecified atom stereocenters. The van der Waals surface area contributed by atoms with E-state index >= 15 is 0 Å². The molecule has 3 heterocycles. The predicted octanol–water partition coefficient (Wildman–Crippen LogP) is 3.03. The van der Waals surface area contributed by atoms with Crippen LogP contribution in [0, 0.1) is 5.92 Å². The molecule has 0 radical (unpaired) electrons. The van der Waals surface area contributed by atoms with E-state index in [4.69, 9.17) is 4.74 Å². The number of carbonyl (C=O) groups excluding carboxylic acids is 2. The molecule has 0 saturated carbocycles. The Kier molecular flexibility index (Phi) is 5.57. The Hall–Kier alpha value is -3.20. The van der Waals surface area contributed by atoms with Crippen molar-refractivity contribution in [1.29, 1.82) is 0 Å². The summed E-state index contributed by atoms with van der Waals surface area (Å²) in [5.74, 6) is 0.888. The van der Waals surface area contributed by atoms with Crippen molar-refractivity contribution >= 4 is 29.1 Å². The molecule has 0 bridgehead atoms. The Morgan fingerprint density at radius 1 is 1.28 bits per heavy atom. The second-order valence-electron chi connectivity index (χ2n) is 6.76. The summed E-state index contributed by atoms with van der Waals surface area (Å²) in [6.45, 7) is 1.06. The lowest BCUT2D eigenvalue weighted by molar-refractivity contribution is -0.121. The Morgan fingerprint density at radius 2 is 2.14 bits per heavy atom. The van der Waals surface area contributed by atoms with Gasteiger partial charge in [0.25, 0.3) is 5.91 Å². The topological polar surface area (TPSA) is 100 Å². The molecule has 1 aromatic carbocycles. The van der Waals surface area contributed by atoms with Gasteiger partial charge in [0.05, 0.1) is 23.5 Å². The Labute approximate surface area is 171 Å². The van der Waals surface area contributed by atoms with Gasteiger partial charge in [-0.3, -0.25) is 20.0 Å². The molecule has 0 aliphatic carbocycles. The number of nitrogens with one attached hydrogen (secondary N) is 2. The van der Waals surface area contributed by atoms with Gasteiger partial charge >= 0.3 is 0 Å². The maximum Gasteiger partial charge on any atom is 0.263 e. The van der Waals surface area contributed by atoms with Gasteiger partial charge in [0, 0.05) is 13.1 Å². The van der Waals surface area contributed by atoms with Gasteiger partial charge in [-0.05, 0) is 36.4 Å². The highest BCUT2D eigenvalue weighted by Crippen LogP contribution is 2.27. The molecule has 1 aliphatic rings. The van der Waals surface area contributed by atoms with E-state index in [9.17, 15) is 9.59 Å². The fraction of sp³-hybridized carbons (Fsp3) is 0.300. The van der Waals surface area contributed by atoms with Crippen LogP contribution in [0.5, 0.6) is 5.75 Å². The van der Waals surface area contributed by atoms with Crippen LogP contribution in [-0.4, -0.2) is 52.1 Å². The van der Waals surface area contributed by atoms with Crippen LogP contribution in [0.1, 0.15) is 22.5 Å². The number of carbonyl (C=O) groups is 2. The number of anilines is 1. The SMILES string of the molecule is COc1ccccc1-c1nc(NC(=O)[C@@H]2CCCN(C(=O)c3cccs3)C2)n[nH]1. The number of likely N-dealkylation sites (tertiary alicyclic amines) is 1. The molecule has 29 heavy (non-hydrogen) atoms. The zero-order chi connectivity index (χ0) is 20.2. The first-order valence-electron chi connectivity index (χ1n) is 9.35. The van der Waals surface area contributed by atoms with Gasteiger partial charge in [-0.15, -0.1) is 16.4 Å². The molecule has 1 aliphatic heterocycles. The number of piperidine rings is 1. The van der Waals surface area contributed by atoms with E-state index in [0.717, 1.165) is 18.4 Å². The van der Waals surface area contributed by atoms with Crippen LogP contribution in [0.2, 0.25) is 0 Å². The van der Waals surface area contributed by atoms with Crippen LogP contribution in [-0.2, 0) is 4.79 Å². The molecule has 2 N–H and O–H groups in total. The van der Waals surface area contributed by atoms with Gasteiger partial charge in [0.2, 0.25) is 11.9 Å². The number of methoxy groups -OCH3 is 1. The van der Waals surface area contributed by atoms with Crippen molar-refractivity contribution in [3.8, 4) is 17.1 Å². The molecule has 1 atom stereocenters.